The number of nitrogens with two attached hydrogens (primary N) is 2. The predicted molar refractivity (Wildman–Crippen MR) is 60.7 cm³/mol. The van der Waals surface area contributed by atoms with E-state index in [-0.39, 0.29) is 0 Å². The van der Waals surface area contributed by atoms with E-state index in [9.17, 15) is 0 Å². The molecule has 5 N–H and O–H groups in total. The van der Waals surface area contributed by atoms with E-state index in [4.69, 9.17) is 11.6 Å². The van der Waals surface area contributed by atoms with Crippen LogP contribution in [0.2, 0.25) is 0 Å². The molecule has 14 heavy (non-hydrogen) atoms. The van der Waals surface area contributed by atoms with Crippen molar-refractivity contribution in [1.82, 2.24) is 4.68 Å². The zero-order chi connectivity index (χ0) is 10.1. The Morgan fingerprint density at radius 2 is 2.14 bits per heavy atom. The summed E-state index contributed by atoms with van der Waals surface area (Å²) < 4.78 is 1.59. The molecule has 0 unspecified atom stereocenters. The van der Waals surface area contributed by atoms with Crippen molar-refractivity contribution in [3.63, 3.8) is 0 Å². The number of anilines is 2. The maximum Gasteiger partial charge on any atom is 0.0941 e. The van der Waals surface area contributed by atoms with Crippen LogP contribution in [0.3, 0.4) is 0 Å². The molecule has 0 saturated heterocycles. The van der Waals surface area contributed by atoms with Gasteiger partial charge in [0, 0.05) is 23.8 Å². The van der Waals surface area contributed by atoms with Crippen LogP contribution in [0.25, 0.3) is 10.9 Å². The first-order chi connectivity index (χ1) is 6.74. The number of fused-ring (bicyclic) bond motifs is 1. The fourth-order valence-corrected chi connectivity index (χ4v) is 1.64. The van der Waals surface area contributed by atoms with Crippen molar-refractivity contribution in [3.05, 3.63) is 24.4 Å². The normalized spacial score (nSPS) is 10.6. The number of aromatic nitrogens is 1. The van der Waals surface area contributed by atoms with Crippen LogP contribution in [0.5, 0.6) is 0 Å². The highest BCUT2D eigenvalue weighted by molar-refractivity contribution is 5.99. The SMILES string of the molecule is CCNc1ccc(N)c2ccn(N)c12. The van der Waals surface area contributed by atoms with Crippen LogP contribution in [0.4, 0.5) is 11.4 Å². The molecule has 1 aromatic heterocycles. The van der Waals surface area contributed by atoms with E-state index in [1.807, 2.05) is 31.3 Å². The second kappa shape index (κ2) is 3.14. The van der Waals surface area contributed by atoms with Crippen molar-refractivity contribution in [2.75, 3.05) is 23.4 Å². The molecule has 4 nitrogen and oxygen atoms in total. The van der Waals surface area contributed by atoms with Crippen molar-refractivity contribution in [1.29, 1.82) is 0 Å². The summed E-state index contributed by atoms with van der Waals surface area (Å²) in [4.78, 5) is 0. The van der Waals surface area contributed by atoms with Crippen LogP contribution in [0, 0.1) is 0 Å². The van der Waals surface area contributed by atoms with Crippen LogP contribution < -0.4 is 16.9 Å². The zero-order valence-electron chi connectivity index (χ0n) is 8.12. The minimum absolute atomic E-state index is 0.755. The van der Waals surface area contributed by atoms with Gasteiger partial charge in [-0.05, 0) is 25.1 Å². The van der Waals surface area contributed by atoms with Gasteiger partial charge in [0.25, 0.3) is 0 Å². The summed E-state index contributed by atoms with van der Waals surface area (Å²) in [5.74, 6) is 5.80. The lowest BCUT2D eigenvalue weighted by Gasteiger charge is -2.08. The Kier molecular flexibility index (Phi) is 1.96. The Morgan fingerprint density at radius 1 is 1.36 bits per heavy atom. The molecule has 0 aliphatic rings. The topological polar surface area (TPSA) is 69.0 Å². The van der Waals surface area contributed by atoms with E-state index in [1.54, 1.807) is 4.68 Å². The number of nitrogen functional groups attached to an aromatic ring is 2. The highest BCUT2D eigenvalue weighted by Gasteiger charge is 2.06. The summed E-state index contributed by atoms with van der Waals surface area (Å²) in [7, 11) is 0. The molecule has 0 saturated carbocycles. The first-order valence-corrected chi connectivity index (χ1v) is 4.62. The van der Waals surface area contributed by atoms with Crippen molar-refractivity contribution in [2.45, 2.75) is 6.92 Å². The lowest BCUT2D eigenvalue weighted by Crippen LogP contribution is -2.08. The Balaban J connectivity index is 2.72. The second-order valence-electron chi connectivity index (χ2n) is 3.22. The third-order valence-electron chi connectivity index (χ3n) is 2.28. The molecule has 0 radical (unpaired) electrons. The van der Waals surface area contributed by atoms with Crippen LogP contribution in [-0.4, -0.2) is 11.2 Å². The summed E-state index contributed by atoms with van der Waals surface area (Å²) in [6.45, 7) is 2.91. The minimum Gasteiger partial charge on any atom is -0.398 e. The molecule has 0 aliphatic carbocycles. The van der Waals surface area contributed by atoms with Gasteiger partial charge < -0.3 is 16.9 Å². The third-order valence-corrected chi connectivity index (χ3v) is 2.28. The molecule has 0 atom stereocenters. The fourth-order valence-electron chi connectivity index (χ4n) is 1.64. The first-order valence-electron chi connectivity index (χ1n) is 4.62. The molecule has 1 heterocycles. The number of nitrogens with zero attached hydrogens (tertiary/aromatic N) is 1. The first kappa shape index (κ1) is 8.74. The molecule has 0 amide bonds. The number of hydrogen-bond acceptors (Lipinski definition) is 3. The molecule has 74 valence electrons. The number of nitrogens with one attached hydrogen (secondary N) is 1. The van der Waals surface area contributed by atoms with Gasteiger partial charge in [0.05, 0.1) is 11.2 Å². The summed E-state index contributed by atoms with van der Waals surface area (Å²) in [6, 6.07) is 5.76. The molecular weight excluding hydrogens is 176 g/mol. The van der Waals surface area contributed by atoms with E-state index in [1.165, 1.54) is 0 Å². The molecule has 2 rings (SSSR count). The largest absolute Gasteiger partial charge is 0.398 e. The summed E-state index contributed by atoms with van der Waals surface area (Å²) in [5.41, 5.74) is 8.56. The minimum atomic E-state index is 0.755. The van der Waals surface area contributed by atoms with Crippen molar-refractivity contribution >= 4 is 22.3 Å². The van der Waals surface area contributed by atoms with E-state index in [2.05, 4.69) is 5.32 Å². The van der Waals surface area contributed by atoms with E-state index in [0.29, 0.717) is 0 Å². The van der Waals surface area contributed by atoms with Gasteiger partial charge in [0.15, 0.2) is 0 Å². The highest BCUT2D eigenvalue weighted by Crippen LogP contribution is 2.27. The number of hydrogen-bond donors (Lipinski definition) is 3. The molecule has 2 aromatic rings. The molecule has 4 heteroatoms. The molecule has 0 aliphatic heterocycles. The maximum absolute atomic E-state index is 5.84. The quantitative estimate of drug-likeness (QED) is 0.495. The van der Waals surface area contributed by atoms with Crippen LogP contribution in [-0.2, 0) is 0 Å². The van der Waals surface area contributed by atoms with Crippen molar-refractivity contribution < 1.29 is 0 Å². The molecule has 1 aromatic carbocycles. The lowest BCUT2D eigenvalue weighted by atomic mass is 10.2. The standard InChI is InChI=1S/C10H14N4/c1-2-13-9-4-3-8(11)7-5-6-14(12)10(7)9/h3-6,13H,2,11-12H2,1H3. The van der Waals surface area contributed by atoms with Gasteiger partial charge in [-0.15, -0.1) is 0 Å². The van der Waals surface area contributed by atoms with Gasteiger partial charge in [-0.2, -0.15) is 0 Å². The average molecular weight is 190 g/mol. The average Bonchev–Trinajstić information content (AvgIpc) is 2.55. The molecule has 0 spiro atoms. The van der Waals surface area contributed by atoms with Crippen LogP contribution >= 0.6 is 0 Å². The smallest absolute Gasteiger partial charge is 0.0941 e. The third kappa shape index (κ3) is 1.16. The summed E-state index contributed by atoms with van der Waals surface area (Å²) in [5, 5.41) is 4.24. The van der Waals surface area contributed by atoms with Crippen molar-refractivity contribution in [2.24, 2.45) is 0 Å². The van der Waals surface area contributed by atoms with Crippen molar-refractivity contribution in [3.8, 4) is 0 Å². The van der Waals surface area contributed by atoms with Gasteiger partial charge in [0.2, 0.25) is 0 Å². The predicted octanol–water partition coefficient (Wildman–Crippen LogP) is 1.37. The Labute approximate surface area is 82.5 Å². The van der Waals surface area contributed by atoms with Gasteiger partial charge >= 0.3 is 0 Å². The Bertz CT molecular complexity index is 458. The maximum atomic E-state index is 5.84. The second-order valence-corrected chi connectivity index (χ2v) is 3.22. The van der Waals surface area contributed by atoms with Gasteiger partial charge in [0.1, 0.15) is 0 Å². The summed E-state index contributed by atoms with van der Waals surface area (Å²) >= 11 is 0. The highest BCUT2D eigenvalue weighted by atomic mass is 15.3. The zero-order valence-corrected chi connectivity index (χ0v) is 8.12. The molecule has 0 fully saturated rings. The number of benzene rings is 1. The van der Waals surface area contributed by atoms with Gasteiger partial charge in [-0.1, -0.05) is 0 Å². The van der Waals surface area contributed by atoms with Crippen LogP contribution in [0.15, 0.2) is 24.4 Å². The Morgan fingerprint density at radius 3 is 2.86 bits per heavy atom. The number of rotatable bonds is 2. The van der Waals surface area contributed by atoms with E-state index in [0.717, 1.165) is 28.8 Å². The monoisotopic (exact) mass is 190 g/mol. The lowest BCUT2D eigenvalue weighted by molar-refractivity contribution is 1.06. The molecular formula is C10H14N4. The van der Waals surface area contributed by atoms with E-state index < -0.39 is 0 Å². The summed E-state index contributed by atoms with van der Waals surface area (Å²) in [6.07, 6.45) is 1.81. The van der Waals surface area contributed by atoms with E-state index >= 15 is 0 Å². The fraction of sp³-hybridized carbons (Fsp3) is 0.200. The van der Waals surface area contributed by atoms with Gasteiger partial charge in [-0.3, -0.25) is 4.68 Å². The van der Waals surface area contributed by atoms with Gasteiger partial charge in [-0.25, -0.2) is 0 Å². The molecule has 0 bridgehead atoms. The Hall–Kier alpha value is -1.84. The van der Waals surface area contributed by atoms with Crippen LogP contribution in [0.1, 0.15) is 6.92 Å².